The van der Waals surface area contributed by atoms with Crippen molar-refractivity contribution < 1.29 is 9.90 Å². The summed E-state index contributed by atoms with van der Waals surface area (Å²) in [4.78, 5) is 11.7. The van der Waals surface area contributed by atoms with Crippen LogP contribution >= 0.6 is 0 Å². The van der Waals surface area contributed by atoms with Crippen molar-refractivity contribution in [2.75, 3.05) is 6.54 Å². The third-order valence-electron chi connectivity index (χ3n) is 3.39. The van der Waals surface area contributed by atoms with Crippen molar-refractivity contribution >= 4 is 5.91 Å². The smallest absolute Gasteiger partial charge is 0.224 e. The van der Waals surface area contributed by atoms with Crippen LogP contribution in [0, 0.1) is 11.8 Å². The minimum Gasteiger partial charge on any atom is -0.508 e. The molecule has 1 unspecified atom stereocenters. The quantitative estimate of drug-likeness (QED) is 0.818. The van der Waals surface area contributed by atoms with Gasteiger partial charge in [-0.2, -0.15) is 0 Å². The summed E-state index contributed by atoms with van der Waals surface area (Å²) < 4.78 is 0. The molecule has 2 N–H and O–H groups in total. The Hall–Kier alpha value is -1.51. The Morgan fingerprint density at radius 3 is 2.82 bits per heavy atom. The Morgan fingerprint density at radius 1 is 1.47 bits per heavy atom. The maximum Gasteiger partial charge on any atom is 0.224 e. The molecule has 1 aromatic rings. The maximum atomic E-state index is 11.7. The molecule has 0 aliphatic heterocycles. The number of phenolic OH excluding ortho intramolecular Hbond substituents is 1. The molecule has 1 aliphatic carbocycles. The topological polar surface area (TPSA) is 49.3 Å². The first-order chi connectivity index (χ1) is 8.16. The van der Waals surface area contributed by atoms with E-state index in [2.05, 4.69) is 12.2 Å². The van der Waals surface area contributed by atoms with Gasteiger partial charge in [0, 0.05) is 12.1 Å². The molecule has 0 saturated heterocycles. The molecule has 1 saturated carbocycles. The number of amides is 1. The van der Waals surface area contributed by atoms with Gasteiger partial charge in [0.05, 0.1) is 6.42 Å². The Morgan fingerprint density at radius 2 is 2.18 bits per heavy atom. The van der Waals surface area contributed by atoms with Crippen molar-refractivity contribution in [1.29, 1.82) is 0 Å². The number of nitrogens with one attached hydrogen (secondary N) is 1. The van der Waals surface area contributed by atoms with Crippen LogP contribution in [0.4, 0.5) is 0 Å². The van der Waals surface area contributed by atoms with Gasteiger partial charge >= 0.3 is 0 Å². The van der Waals surface area contributed by atoms with E-state index in [0.29, 0.717) is 11.5 Å². The molecule has 1 fully saturated rings. The van der Waals surface area contributed by atoms with Gasteiger partial charge in [-0.1, -0.05) is 25.1 Å². The number of aromatic hydroxyl groups is 1. The fraction of sp³-hybridized carbons (Fsp3) is 0.500. The molecule has 3 heteroatoms. The summed E-state index contributed by atoms with van der Waals surface area (Å²) in [7, 11) is 0. The van der Waals surface area contributed by atoms with Gasteiger partial charge in [-0.15, -0.1) is 0 Å². The minimum absolute atomic E-state index is 0.0148. The van der Waals surface area contributed by atoms with Gasteiger partial charge in [0.2, 0.25) is 5.91 Å². The standard InChI is InChI=1S/C14H19NO2/c1-10(11-6-7-11)9-15-14(17)8-12-4-2-3-5-13(12)16/h2-5,10-11,16H,6-9H2,1H3,(H,15,17). The van der Waals surface area contributed by atoms with Crippen molar-refractivity contribution in [2.24, 2.45) is 11.8 Å². The van der Waals surface area contributed by atoms with Crippen LogP contribution in [-0.2, 0) is 11.2 Å². The predicted molar refractivity (Wildman–Crippen MR) is 66.7 cm³/mol. The number of benzene rings is 1. The number of para-hydroxylation sites is 1. The number of rotatable bonds is 5. The number of phenols is 1. The summed E-state index contributed by atoms with van der Waals surface area (Å²) in [6, 6.07) is 6.97. The number of hydrogen-bond donors (Lipinski definition) is 2. The Labute approximate surface area is 102 Å². The number of carbonyl (C=O) groups excluding carboxylic acids is 1. The first-order valence-electron chi connectivity index (χ1n) is 6.20. The van der Waals surface area contributed by atoms with Crippen molar-refractivity contribution in [3.05, 3.63) is 29.8 Å². The molecule has 2 rings (SSSR count). The van der Waals surface area contributed by atoms with E-state index >= 15 is 0 Å². The Balaban J connectivity index is 1.78. The first kappa shape index (κ1) is 12.0. The highest BCUT2D eigenvalue weighted by molar-refractivity contribution is 5.79. The zero-order valence-electron chi connectivity index (χ0n) is 10.1. The molecule has 17 heavy (non-hydrogen) atoms. The van der Waals surface area contributed by atoms with Gasteiger partial charge in [0.1, 0.15) is 5.75 Å². The van der Waals surface area contributed by atoms with Crippen LogP contribution in [0.25, 0.3) is 0 Å². The van der Waals surface area contributed by atoms with Gasteiger partial charge in [0.25, 0.3) is 0 Å². The Bertz CT molecular complexity index is 399. The summed E-state index contributed by atoms with van der Waals surface area (Å²) in [5.41, 5.74) is 0.684. The third kappa shape index (κ3) is 3.48. The lowest BCUT2D eigenvalue weighted by Gasteiger charge is -2.11. The third-order valence-corrected chi connectivity index (χ3v) is 3.39. The van der Waals surface area contributed by atoms with Gasteiger partial charge in [-0.3, -0.25) is 4.79 Å². The van der Waals surface area contributed by atoms with E-state index in [1.54, 1.807) is 18.2 Å². The van der Waals surface area contributed by atoms with E-state index in [4.69, 9.17) is 0 Å². The molecule has 0 aromatic heterocycles. The highest BCUT2D eigenvalue weighted by Crippen LogP contribution is 2.36. The lowest BCUT2D eigenvalue weighted by molar-refractivity contribution is -0.120. The zero-order chi connectivity index (χ0) is 12.3. The lowest BCUT2D eigenvalue weighted by atomic mass is 10.1. The van der Waals surface area contributed by atoms with Crippen molar-refractivity contribution in [3.63, 3.8) is 0 Å². The van der Waals surface area contributed by atoms with Crippen LogP contribution in [0.15, 0.2) is 24.3 Å². The average Bonchev–Trinajstić information content (AvgIpc) is 3.13. The largest absolute Gasteiger partial charge is 0.508 e. The fourth-order valence-corrected chi connectivity index (χ4v) is 2.00. The molecule has 0 bridgehead atoms. The Kier molecular flexibility index (Phi) is 3.67. The van der Waals surface area contributed by atoms with Crippen LogP contribution in [0.1, 0.15) is 25.3 Å². The van der Waals surface area contributed by atoms with E-state index in [-0.39, 0.29) is 18.1 Å². The van der Waals surface area contributed by atoms with Crippen LogP contribution in [0.3, 0.4) is 0 Å². The molecule has 0 heterocycles. The van der Waals surface area contributed by atoms with Crippen molar-refractivity contribution in [3.8, 4) is 5.75 Å². The number of hydrogen-bond acceptors (Lipinski definition) is 2. The molecule has 1 aromatic carbocycles. The normalized spacial score (nSPS) is 16.5. The highest BCUT2D eigenvalue weighted by atomic mass is 16.3. The molecule has 0 radical (unpaired) electrons. The van der Waals surface area contributed by atoms with Gasteiger partial charge in [-0.25, -0.2) is 0 Å². The first-order valence-corrected chi connectivity index (χ1v) is 6.20. The van der Waals surface area contributed by atoms with E-state index in [9.17, 15) is 9.90 Å². The zero-order valence-corrected chi connectivity index (χ0v) is 10.1. The molecule has 1 aliphatic rings. The molecule has 92 valence electrons. The summed E-state index contributed by atoms with van der Waals surface area (Å²) in [6.07, 6.45) is 2.86. The second-order valence-corrected chi connectivity index (χ2v) is 4.92. The summed E-state index contributed by atoms with van der Waals surface area (Å²) in [5.74, 6) is 1.56. The molecule has 1 atom stereocenters. The highest BCUT2D eigenvalue weighted by Gasteiger charge is 2.27. The predicted octanol–water partition coefficient (Wildman–Crippen LogP) is 2.10. The van der Waals surface area contributed by atoms with Crippen LogP contribution < -0.4 is 5.32 Å². The van der Waals surface area contributed by atoms with E-state index < -0.39 is 0 Å². The second kappa shape index (κ2) is 5.21. The SMILES string of the molecule is CC(CNC(=O)Cc1ccccc1O)C1CC1. The molecule has 1 amide bonds. The average molecular weight is 233 g/mol. The maximum absolute atomic E-state index is 11.7. The molecular weight excluding hydrogens is 214 g/mol. The lowest BCUT2D eigenvalue weighted by Crippen LogP contribution is -2.30. The van der Waals surface area contributed by atoms with Gasteiger partial charge < -0.3 is 10.4 Å². The number of carbonyl (C=O) groups is 1. The second-order valence-electron chi connectivity index (χ2n) is 4.92. The van der Waals surface area contributed by atoms with Crippen LogP contribution in [-0.4, -0.2) is 17.6 Å². The van der Waals surface area contributed by atoms with Gasteiger partial charge in [0.15, 0.2) is 0 Å². The van der Waals surface area contributed by atoms with E-state index in [0.717, 1.165) is 12.5 Å². The summed E-state index contributed by atoms with van der Waals surface area (Å²) in [5, 5.41) is 12.5. The summed E-state index contributed by atoms with van der Waals surface area (Å²) in [6.45, 7) is 2.93. The molecular formula is C14H19NO2. The van der Waals surface area contributed by atoms with Gasteiger partial charge in [-0.05, 0) is 30.7 Å². The van der Waals surface area contributed by atoms with Crippen molar-refractivity contribution in [2.45, 2.75) is 26.2 Å². The minimum atomic E-state index is -0.0148. The van der Waals surface area contributed by atoms with Crippen molar-refractivity contribution in [1.82, 2.24) is 5.32 Å². The monoisotopic (exact) mass is 233 g/mol. The van der Waals surface area contributed by atoms with Crippen LogP contribution in [0.5, 0.6) is 5.75 Å². The summed E-state index contributed by atoms with van der Waals surface area (Å²) >= 11 is 0. The molecule has 3 nitrogen and oxygen atoms in total. The van der Waals surface area contributed by atoms with E-state index in [1.165, 1.54) is 12.8 Å². The molecule has 0 spiro atoms. The fourth-order valence-electron chi connectivity index (χ4n) is 2.00. The van der Waals surface area contributed by atoms with E-state index in [1.807, 2.05) is 6.07 Å². The van der Waals surface area contributed by atoms with Crippen LogP contribution in [0.2, 0.25) is 0 Å².